The van der Waals surface area contributed by atoms with E-state index in [9.17, 15) is 10.2 Å². The quantitative estimate of drug-likeness (QED) is 0.441. The summed E-state index contributed by atoms with van der Waals surface area (Å²) in [6.45, 7) is 6.91. The minimum Gasteiger partial charge on any atom is -0.508 e. The van der Waals surface area contributed by atoms with Crippen LogP contribution in [0.1, 0.15) is 31.2 Å². The number of hydrogen-bond donors (Lipinski definition) is 2. The highest BCUT2D eigenvalue weighted by Gasteiger charge is 2.17. The predicted octanol–water partition coefficient (Wildman–Crippen LogP) is 4.90. The van der Waals surface area contributed by atoms with Gasteiger partial charge >= 0.3 is 0 Å². The minimum absolute atomic E-state index is 0.281. The molecule has 0 spiro atoms. The number of aromatic nitrogens is 1. The third-order valence-corrected chi connectivity index (χ3v) is 5.59. The van der Waals surface area contributed by atoms with Gasteiger partial charge in [-0.1, -0.05) is 12.8 Å². The average molecular weight is 364 g/mol. The van der Waals surface area contributed by atoms with E-state index >= 15 is 0 Å². The molecular formula is C23H28N2O2. The summed E-state index contributed by atoms with van der Waals surface area (Å²) in [5.41, 5.74) is 4.62. The van der Waals surface area contributed by atoms with E-state index in [1.807, 2.05) is 24.3 Å². The van der Waals surface area contributed by atoms with Gasteiger partial charge in [-0.15, -0.1) is 0 Å². The Kier molecular flexibility index (Phi) is 5.08. The van der Waals surface area contributed by atoms with E-state index in [0.717, 1.165) is 29.4 Å². The van der Waals surface area contributed by atoms with Crippen molar-refractivity contribution in [3.63, 3.8) is 0 Å². The number of phenolic OH excluding ortho intramolecular Hbond substituents is 2. The first-order valence-electron chi connectivity index (χ1n) is 9.97. The molecule has 2 heterocycles. The fourth-order valence-corrected chi connectivity index (χ4v) is 3.99. The zero-order chi connectivity index (χ0) is 18.8. The van der Waals surface area contributed by atoms with Gasteiger partial charge in [0.1, 0.15) is 11.5 Å². The largest absolute Gasteiger partial charge is 0.508 e. The lowest BCUT2D eigenvalue weighted by Gasteiger charge is -2.12. The Morgan fingerprint density at radius 2 is 1.48 bits per heavy atom. The molecule has 4 heteroatoms. The van der Waals surface area contributed by atoms with E-state index in [0.29, 0.717) is 5.75 Å². The number of phenols is 2. The van der Waals surface area contributed by atoms with Crippen LogP contribution in [-0.2, 0) is 6.54 Å². The normalized spacial score (nSPS) is 14.1. The Morgan fingerprint density at radius 1 is 0.815 bits per heavy atom. The van der Waals surface area contributed by atoms with Crippen LogP contribution in [0.15, 0.2) is 42.5 Å². The van der Waals surface area contributed by atoms with Crippen LogP contribution in [0.3, 0.4) is 0 Å². The zero-order valence-electron chi connectivity index (χ0n) is 16.0. The van der Waals surface area contributed by atoms with Crippen LogP contribution in [0.2, 0.25) is 0 Å². The lowest BCUT2D eigenvalue weighted by molar-refractivity contribution is 0.475. The number of hydrogen-bond acceptors (Lipinski definition) is 3. The van der Waals surface area contributed by atoms with Gasteiger partial charge < -0.3 is 19.7 Å². The molecule has 27 heavy (non-hydrogen) atoms. The molecule has 0 aliphatic carbocycles. The molecule has 2 aromatic carbocycles. The standard InChI is InChI=1S/C23H28N2O2/c1-17-21-16-20(27)10-11-22(21)25(13-5-3-2-4-12-24-14-15-24)23(17)18-6-8-19(26)9-7-18/h6-11,16,26-27H,2-5,12-15H2,1H3. The van der Waals surface area contributed by atoms with E-state index in [2.05, 4.69) is 16.4 Å². The molecule has 0 saturated carbocycles. The molecule has 0 unspecified atom stereocenters. The number of unbranched alkanes of at least 4 members (excludes halogenated alkanes) is 3. The molecule has 142 valence electrons. The highest BCUT2D eigenvalue weighted by molar-refractivity contribution is 5.92. The van der Waals surface area contributed by atoms with Crippen LogP contribution in [0.4, 0.5) is 0 Å². The second-order valence-electron chi connectivity index (χ2n) is 7.63. The average Bonchev–Trinajstić information content (AvgIpc) is 3.45. The fourth-order valence-electron chi connectivity index (χ4n) is 3.99. The second kappa shape index (κ2) is 7.65. The summed E-state index contributed by atoms with van der Waals surface area (Å²) in [7, 11) is 0. The molecule has 0 atom stereocenters. The fraction of sp³-hybridized carbons (Fsp3) is 0.391. The van der Waals surface area contributed by atoms with Crippen LogP contribution in [0, 0.1) is 6.92 Å². The maximum atomic E-state index is 9.94. The predicted molar refractivity (Wildman–Crippen MR) is 110 cm³/mol. The molecule has 1 aliphatic rings. The summed E-state index contributed by atoms with van der Waals surface area (Å²) in [6.07, 6.45) is 4.96. The summed E-state index contributed by atoms with van der Waals surface area (Å²) in [4.78, 5) is 2.48. The Hall–Kier alpha value is -2.46. The summed E-state index contributed by atoms with van der Waals surface area (Å²) in [5.74, 6) is 0.582. The molecule has 3 aromatic rings. The van der Waals surface area contributed by atoms with Crippen molar-refractivity contribution in [1.29, 1.82) is 0 Å². The van der Waals surface area contributed by atoms with Crippen LogP contribution in [0.5, 0.6) is 11.5 Å². The Labute approximate surface area is 160 Å². The number of aryl methyl sites for hydroxylation is 2. The smallest absolute Gasteiger partial charge is 0.116 e. The first kappa shape index (κ1) is 17.9. The highest BCUT2D eigenvalue weighted by Crippen LogP contribution is 2.35. The summed E-state index contributed by atoms with van der Waals surface area (Å²) < 4.78 is 2.38. The van der Waals surface area contributed by atoms with Crippen molar-refractivity contribution < 1.29 is 10.2 Å². The number of benzene rings is 2. The summed E-state index contributed by atoms with van der Waals surface area (Å²) >= 11 is 0. The van der Waals surface area contributed by atoms with E-state index < -0.39 is 0 Å². The maximum Gasteiger partial charge on any atom is 0.116 e. The van der Waals surface area contributed by atoms with E-state index in [4.69, 9.17) is 0 Å². The first-order chi connectivity index (χ1) is 13.1. The molecule has 1 aromatic heterocycles. The van der Waals surface area contributed by atoms with Gasteiger partial charge in [0.15, 0.2) is 0 Å². The van der Waals surface area contributed by atoms with Crippen molar-refractivity contribution in [2.24, 2.45) is 0 Å². The molecule has 4 nitrogen and oxygen atoms in total. The molecule has 4 rings (SSSR count). The van der Waals surface area contributed by atoms with Gasteiger partial charge in [0.25, 0.3) is 0 Å². The van der Waals surface area contributed by atoms with Gasteiger partial charge in [0.05, 0.1) is 5.69 Å². The minimum atomic E-state index is 0.281. The van der Waals surface area contributed by atoms with Gasteiger partial charge in [0.2, 0.25) is 0 Å². The van der Waals surface area contributed by atoms with Gasteiger partial charge in [-0.25, -0.2) is 0 Å². The zero-order valence-corrected chi connectivity index (χ0v) is 16.0. The first-order valence-corrected chi connectivity index (χ1v) is 9.97. The topological polar surface area (TPSA) is 48.4 Å². The Morgan fingerprint density at radius 3 is 2.19 bits per heavy atom. The van der Waals surface area contributed by atoms with E-state index in [1.54, 1.807) is 18.2 Å². The van der Waals surface area contributed by atoms with Crippen molar-refractivity contribution in [3.05, 3.63) is 48.0 Å². The van der Waals surface area contributed by atoms with Crippen molar-refractivity contribution >= 4 is 10.9 Å². The third-order valence-electron chi connectivity index (χ3n) is 5.59. The number of rotatable bonds is 8. The van der Waals surface area contributed by atoms with Crippen molar-refractivity contribution in [3.8, 4) is 22.8 Å². The molecule has 2 N–H and O–H groups in total. The van der Waals surface area contributed by atoms with Crippen LogP contribution >= 0.6 is 0 Å². The number of aromatic hydroxyl groups is 2. The van der Waals surface area contributed by atoms with Gasteiger partial charge in [0, 0.05) is 30.5 Å². The molecule has 1 fully saturated rings. The van der Waals surface area contributed by atoms with Gasteiger partial charge in [-0.3, -0.25) is 0 Å². The van der Waals surface area contributed by atoms with E-state index in [-0.39, 0.29) is 5.75 Å². The highest BCUT2D eigenvalue weighted by atomic mass is 16.3. The molecule has 0 bridgehead atoms. The van der Waals surface area contributed by atoms with E-state index in [1.165, 1.54) is 50.2 Å². The van der Waals surface area contributed by atoms with Crippen LogP contribution in [-0.4, -0.2) is 39.3 Å². The van der Waals surface area contributed by atoms with Crippen molar-refractivity contribution in [2.75, 3.05) is 19.6 Å². The Balaban J connectivity index is 1.58. The third kappa shape index (κ3) is 3.96. The van der Waals surface area contributed by atoms with Crippen molar-refractivity contribution in [1.82, 2.24) is 9.47 Å². The monoisotopic (exact) mass is 364 g/mol. The van der Waals surface area contributed by atoms with Crippen LogP contribution in [0.25, 0.3) is 22.2 Å². The maximum absolute atomic E-state index is 9.94. The molecular weight excluding hydrogens is 336 g/mol. The summed E-state index contributed by atoms with van der Waals surface area (Å²) in [6, 6.07) is 13.1. The van der Waals surface area contributed by atoms with Crippen molar-refractivity contribution in [2.45, 2.75) is 39.2 Å². The SMILES string of the molecule is Cc1c(-c2ccc(O)cc2)n(CCCCCCN2CC2)c2ccc(O)cc12. The Bertz CT molecular complexity index is 924. The molecule has 0 radical (unpaired) electrons. The molecule has 0 amide bonds. The van der Waals surface area contributed by atoms with Crippen LogP contribution < -0.4 is 0 Å². The van der Waals surface area contributed by atoms with Gasteiger partial charge in [-0.2, -0.15) is 0 Å². The number of fused-ring (bicyclic) bond motifs is 1. The van der Waals surface area contributed by atoms with Gasteiger partial charge in [-0.05, 0) is 79.9 Å². The lowest BCUT2D eigenvalue weighted by Crippen LogP contribution is -2.02. The molecule has 1 saturated heterocycles. The molecule has 1 aliphatic heterocycles. The summed E-state index contributed by atoms with van der Waals surface area (Å²) in [5, 5.41) is 20.7. The second-order valence-corrected chi connectivity index (χ2v) is 7.63. The number of nitrogens with zero attached hydrogens (tertiary/aromatic N) is 2. The lowest BCUT2D eigenvalue weighted by atomic mass is 10.1.